The Labute approximate surface area is 152 Å². The molecule has 0 aromatic heterocycles. The number of halogens is 1. The van der Waals surface area contributed by atoms with Gasteiger partial charge < -0.3 is 20.0 Å². The molecule has 1 saturated heterocycles. The topological polar surface area (TPSA) is 64.0 Å². The van der Waals surface area contributed by atoms with E-state index in [9.17, 15) is 19.4 Å². The van der Waals surface area contributed by atoms with E-state index in [2.05, 4.69) is 4.90 Å². The molecule has 1 aliphatic heterocycles. The normalized spacial score (nSPS) is 15.8. The molecule has 2 N–H and O–H groups in total. The first-order chi connectivity index (χ1) is 12.4. The highest BCUT2D eigenvalue weighted by Gasteiger charge is 2.25. The second kappa shape index (κ2) is 7.64. The van der Waals surface area contributed by atoms with Crippen molar-refractivity contribution in [3.05, 3.63) is 53.8 Å². The summed E-state index contributed by atoms with van der Waals surface area (Å²) in [5.74, 6) is -0.719. The van der Waals surface area contributed by atoms with Crippen LogP contribution in [0.5, 0.6) is 11.5 Å². The average molecular weight is 358 g/mol. The number of hydrogen-bond donors (Lipinski definition) is 2. The third-order valence-corrected chi connectivity index (χ3v) is 4.79. The molecule has 1 heterocycles. The van der Waals surface area contributed by atoms with Crippen LogP contribution in [0, 0.1) is 11.7 Å². The number of aromatic hydroxyl groups is 2. The molecule has 0 aliphatic carbocycles. The molecule has 2 aromatic rings. The van der Waals surface area contributed by atoms with Gasteiger partial charge in [0.05, 0.1) is 0 Å². The number of anilines is 1. The Bertz CT molecular complexity index is 771. The molecule has 3 rings (SSSR count). The minimum absolute atomic E-state index is 0.0799. The summed E-state index contributed by atoms with van der Waals surface area (Å²) in [5, 5.41) is 19.0. The van der Waals surface area contributed by atoms with Gasteiger partial charge >= 0.3 is 0 Å². The molecule has 0 radical (unpaired) electrons. The number of nitrogens with zero attached hydrogens (tertiary/aromatic N) is 2. The van der Waals surface area contributed by atoms with E-state index in [0.29, 0.717) is 32.6 Å². The van der Waals surface area contributed by atoms with Crippen molar-refractivity contribution in [2.75, 3.05) is 31.1 Å². The Morgan fingerprint density at radius 1 is 1.04 bits per heavy atom. The number of benzene rings is 2. The summed E-state index contributed by atoms with van der Waals surface area (Å²) in [4.78, 5) is 16.7. The molecular formula is C20H23FN2O3. The predicted molar refractivity (Wildman–Crippen MR) is 97.8 cm³/mol. The molecule has 6 heteroatoms. The number of phenolic OH excluding ortho intramolecular Hbond substituents is 2. The van der Waals surface area contributed by atoms with E-state index in [1.807, 2.05) is 11.8 Å². The molecule has 26 heavy (non-hydrogen) atoms. The number of hydrogen-bond acceptors (Lipinski definition) is 4. The summed E-state index contributed by atoms with van der Waals surface area (Å²) in [6, 6.07) is 11.0. The van der Waals surface area contributed by atoms with Gasteiger partial charge in [0.25, 0.3) is 0 Å². The molecule has 2 aromatic carbocycles. The van der Waals surface area contributed by atoms with E-state index in [-0.39, 0.29) is 29.1 Å². The molecule has 0 spiro atoms. The van der Waals surface area contributed by atoms with Gasteiger partial charge in [-0.25, -0.2) is 4.39 Å². The summed E-state index contributed by atoms with van der Waals surface area (Å²) in [5.41, 5.74) is 1.78. The maximum Gasteiger partial charge on any atom is 0.225 e. The van der Waals surface area contributed by atoms with Crippen molar-refractivity contribution >= 4 is 11.6 Å². The van der Waals surface area contributed by atoms with Crippen LogP contribution in [0.15, 0.2) is 42.5 Å². The fraction of sp³-hybridized carbons (Fsp3) is 0.350. The number of carbonyl (C=O) groups is 1. The van der Waals surface area contributed by atoms with Gasteiger partial charge in [0.15, 0.2) is 11.5 Å². The molecule has 0 bridgehead atoms. The fourth-order valence-corrected chi connectivity index (χ4v) is 3.29. The minimum atomic E-state index is -0.253. The van der Waals surface area contributed by atoms with Crippen LogP contribution < -0.4 is 4.90 Å². The summed E-state index contributed by atoms with van der Waals surface area (Å²) < 4.78 is 13.0. The van der Waals surface area contributed by atoms with E-state index in [1.54, 1.807) is 18.2 Å². The van der Waals surface area contributed by atoms with Gasteiger partial charge in [0.2, 0.25) is 5.91 Å². The highest BCUT2D eigenvalue weighted by Crippen LogP contribution is 2.26. The van der Waals surface area contributed by atoms with Crippen LogP contribution in [-0.4, -0.2) is 47.2 Å². The highest BCUT2D eigenvalue weighted by atomic mass is 19.1. The molecule has 1 unspecified atom stereocenters. The standard InChI is InChI=1S/C20H23FN2O3/c1-14(12-15-2-7-18(24)19(25)13-15)20(26)23-10-8-22(9-11-23)17-5-3-16(21)4-6-17/h2-7,13-14,24-25H,8-12H2,1H3. The third-order valence-electron chi connectivity index (χ3n) is 4.79. The Morgan fingerprint density at radius 2 is 1.69 bits per heavy atom. The summed E-state index contributed by atoms with van der Waals surface area (Å²) in [6.07, 6.45) is 0.505. The van der Waals surface area contributed by atoms with E-state index >= 15 is 0 Å². The lowest BCUT2D eigenvalue weighted by Crippen LogP contribution is -2.50. The zero-order chi connectivity index (χ0) is 18.7. The largest absolute Gasteiger partial charge is 0.504 e. The molecule has 138 valence electrons. The van der Waals surface area contributed by atoms with Gasteiger partial charge in [-0.2, -0.15) is 0 Å². The average Bonchev–Trinajstić information content (AvgIpc) is 2.65. The third kappa shape index (κ3) is 4.07. The lowest BCUT2D eigenvalue weighted by molar-refractivity contribution is -0.135. The van der Waals surface area contributed by atoms with Crippen LogP contribution in [0.3, 0.4) is 0 Å². The second-order valence-electron chi connectivity index (χ2n) is 6.72. The van der Waals surface area contributed by atoms with Crippen molar-refractivity contribution in [1.29, 1.82) is 0 Å². The molecule has 1 amide bonds. The number of piperazine rings is 1. The summed E-state index contributed by atoms with van der Waals surface area (Å²) >= 11 is 0. The Hall–Kier alpha value is -2.76. The zero-order valence-corrected chi connectivity index (χ0v) is 14.7. The SMILES string of the molecule is CC(Cc1ccc(O)c(O)c1)C(=O)N1CCN(c2ccc(F)cc2)CC1. The Morgan fingerprint density at radius 3 is 2.31 bits per heavy atom. The molecular weight excluding hydrogens is 335 g/mol. The van der Waals surface area contributed by atoms with Crippen molar-refractivity contribution < 1.29 is 19.4 Å². The lowest BCUT2D eigenvalue weighted by Gasteiger charge is -2.37. The van der Waals surface area contributed by atoms with E-state index in [4.69, 9.17) is 0 Å². The van der Waals surface area contributed by atoms with Gasteiger partial charge in [-0.3, -0.25) is 4.79 Å². The quantitative estimate of drug-likeness (QED) is 0.825. The zero-order valence-electron chi connectivity index (χ0n) is 14.7. The van der Waals surface area contributed by atoms with E-state index < -0.39 is 0 Å². The van der Waals surface area contributed by atoms with E-state index in [1.165, 1.54) is 24.3 Å². The first kappa shape index (κ1) is 18.0. The van der Waals surface area contributed by atoms with Gasteiger partial charge in [-0.15, -0.1) is 0 Å². The fourth-order valence-electron chi connectivity index (χ4n) is 3.29. The molecule has 1 fully saturated rings. The van der Waals surface area contributed by atoms with Gasteiger partial charge in [-0.1, -0.05) is 13.0 Å². The van der Waals surface area contributed by atoms with Gasteiger partial charge in [-0.05, 0) is 48.4 Å². The van der Waals surface area contributed by atoms with Crippen LogP contribution in [0.25, 0.3) is 0 Å². The molecule has 1 atom stereocenters. The van der Waals surface area contributed by atoms with Crippen LogP contribution in [-0.2, 0) is 11.2 Å². The van der Waals surface area contributed by atoms with Crippen molar-refractivity contribution in [2.45, 2.75) is 13.3 Å². The Kier molecular flexibility index (Phi) is 5.30. The van der Waals surface area contributed by atoms with E-state index in [0.717, 1.165) is 11.3 Å². The highest BCUT2D eigenvalue weighted by molar-refractivity contribution is 5.79. The molecule has 1 aliphatic rings. The first-order valence-corrected chi connectivity index (χ1v) is 8.74. The number of rotatable bonds is 4. The predicted octanol–water partition coefficient (Wildman–Crippen LogP) is 2.76. The van der Waals surface area contributed by atoms with Crippen LogP contribution in [0.2, 0.25) is 0 Å². The van der Waals surface area contributed by atoms with Crippen LogP contribution >= 0.6 is 0 Å². The number of carbonyl (C=O) groups excluding carboxylic acids is 1. The van der Waals surface area contributed by atoms with Crippen molar-refractivity contribution in [3.8, 4) is 11.5 Å². The number of amides is 1. The monoisotopic (exact) mass is 358 g/mol. The first-order valence-electron chi connectivity index (χ1n) is 8.74. The van der Waals surface area contributed by atoms with Crippen LogP contribution in [0.1, 0.15) is 12.5 Å². The van der Waals surface area contributed by atoms with Crippen molar-refractivity contribution in [2.24, 2.45) is 5.92 Å². The number of phenols is 2. The smallest absolute Gasteiger partial charge is 0.225 e. The second-order valence-corrected chi connectivity index (χ2v) is 6.72. The maximum absolute atomic E-state index is 13.0. The maximum atomic E-state index is 13.0. The lowest BCUT2D eigenvalue weighted by atomic mass is 9.99. The minimum Gasteiger partial charge on any atom is -0.504 e. The summed E-state index contributed by atoms with van der Waals surface area (Å²) in [7, 11) is 0. The summed E-state index contributed by atoms with van der Waals surface area (Å²) in [6.45, 7) is 4.55. The van der Waals surface area contributed by atoms with Crippen molar-refractivity contribution in [3.63, 3.8) is 0 Å². The van der Waals surface area contributed by atoms with Crippen molar-refractivity contribution in [1.82, 2.24) is 4.90 Å². The van der Waals surface area contributed by atoms with Gasteiger partial charge in [0.1, 0.15) is 5.82 Å². The Balaban J connectivity index is 1.55. The van der Waals surface area contributed by atoms with Crippen LogP contribution in [0.4, 0.5) is 10.1 Å². The van der Waals surface area contributed by atoms with Gasteiger partial charge in [0, 0.05) is 37.8 Å². The molecule has 0 saturated carbocycles. The molecule has 5 nitrogen and oxygen atoms in total.